The fraction of sp³-hybridized carbons (Fsp3) is 0.500. The van der Waals surface area contributed by atoms with E-state index in [1.54, 1.807) is 4.90 Å². The van der Waals surface area contributed by atoms with Gasteiger partial charge < -0.3 is 4.90 Å². The van der Waals surface area contributed by atoms with Gasteiger partial charge in [0.2, 0.25) is 0 Å². The summed E-state index contributed by atoms with van der Waals surface area (Å²) in [6, 6.07) is 3.01. The van der Waals surface area contributed by atoms with E-state index in [-0.39, 0.29) is 23.3 Å². The average molecular weight is 280 g/mol. The molecule has 1 saturated heterocycles. The van der Waals surface area contributed by atoms with E-state index in [1.165, 1.54) is 0 Å². The van der Waals surface area contributed by atoms with Crippen LogP contribution in [0.3, 0.4) is 0 Å². The molecule has 1 aliphatic rings. The Morgan fingerprint density at radius 2 is 1.95 bits per heavy atom. The summed E-state index contributed by atoms with van der Waals surface area (Å²) in [7, 11) is 0. The number of nitro groups is 1. The molecule has 0 aliphatic carbocycles. The van der Waals surface area contributed by atoms with Crippen molar-refractivity contribution in [3.63, 3.8) is 0 Å². The second kappa shape index (κ2) is 5.56. The third kappa shape index (κ3) is 2.64. The number of benzene rings is 1. The van der Waals surface area contributed by atoms with Crippen molar-refractivity contribution in [2.45, 2.75) is 45.2 Å². The van der Waals surface area contributed by atoms with Crippen molar-refractivity contribution in [1.82, 2.24) is 4.90 Å². The Balaban J connectivity index is 2.42. The Hall–Kier alpha value is -1.98. The van der Waals surface area contributed by atoms with Crippen molar-refractivity contribution in [3.05, 3.63) is 39.7 Å². The number of hydrogen-bond acceptors (Lipinski definition) is 3. The molecule has 1 heterocycles. The zero-order valence-corrected chi connectivity index (χ0v) is 11.5. The molecule has 2 unspecified atom stereocenters. The molecule has 1 amide bonds. The molecule has 0 aromatic heterocycles. The van der Waals surface area contributed by atoms with Gasteiger partial charge in [-0.25, -0.2) is 4.39 Å². The zero-order chi connectivity index (χ0) is 14.9. The van der Waals surface area contributed by atoms with Gasteiger partial charge in [-0.3, -0.25) is 14.9 Å². The lowest BCUT2D eigenvalue weighted by Gasteiger charge is -2.39. The molecule has 1 fully saturated rings. The predicted molar refractivity (Wildman–Crippen MR) is 72.0 cm³/mol. The molecule has 1 aromatic rings. The van der Waals surface area contributed by atoms with Crippen LogP contribution < -0.4 is 0 Å². The van der Waals surface area contributed by atoms with E-state index in [0.717, 1.165) is 37.5 Å². The molecular formula is C14H17FN2O3. The first-order valence-electron chi connectivity index (χ1n) is 6.68. The molecule has 5 nitrogen and oxygen atoms in total. The summed E-state index contributed by atoms with van der Waals surface area (Å²) in [5, 5.41) is 11.0. The van der Waals surface area contributed by atoms with Crippen molar-refractivity contribution in [2.75, 3.05) is 0 Å². The Labute approximate surface area is 116 Å². The van der Waals surface area contributed by atoms with Gasteiger partial charge in [0.05, 0.1) is 4.92 Å². The summed E-state index contributed by atoms with van der Waals surface area (Å²) in [4.78, 5) is 24.5. The second-order valence-electron chi connectivity index (χ2n) is 5.26. The van der Waals surface area contributed by atoms with Gasteiger partial charge in [-0.05, 0) is 45.2 Å². The van der Waals surface area contributed by atoms with Crippen LogP contribution in [0.25, 0.3) is 0 Å². The topological polar surface area (TPSA) is 63.5 Å². The lowest BCUT2D eigenvalue weighted by atomic mass is 9.96. The molecule has 0 N–H and O–H groups in total. The summed E-state index contributed by atoms with van der Waals surface area (Å²) >= 11 is 0. The number of nitrogens with zero attached hydrogens (tertiary/aromatic N) is 2. The molecule has 0 radical (unpaired) electrons. The fourth-order valence-corrected chi connectivity index (χ4v) is 2.80. The molecule has 2 atom stereocenters. The summed E-state index contributed by atoms with van der Waals surface area (Å²) in [6.45, 7) is 3.83. The number of likely N-dealkylation sites (tertiary alicyclic amines) is 1. The molecule has 2 rings (SSSR count). The molecule has 20 heavy (non-hydrogen) atoms. The maximum atomic E-state index is 13.3. The highest BCUT2D eigenvalue weighted by molar-refractivity contribution is 5.98. The van der Waals surface area contributed by atoms with Gasteiger partial charge in [-0.15, -0.1) is 0 Å². The Morgan fingerprint density at radius 3 is 2.50 bits per heavy atom. The monoisotopic (exact) mass is 280 g/mol. The SMILES string of the molecule is CC1CCCC(C)N1C(=O)c1cc(F)ccc1[N+](=O)[O-]. The van der Waals surface area contributed by atoms with Crippen LogP contribution in [0, 0.1) is 15.9 Å². The van der Waals surface area contributed by atoms with Crippen LogP contribution in [-0.2, 0) is 0 Å². The number of hydrogen-bond donors (Lipinski definition) is 0. The number of nitro benzene ring substituents is 1. The maximum absolute atomic E-state index is 13.3. The molecule has 1 aromatic carbocycles. The van der Waals surface area contributed by atoms with Crippen LogP contribution in [0.2, 0.25) is 0 Å². The molecular weight excluding hydrogens is 263 g/mol. The Bertz CT molecular complexity index is 537. The first-order chi connectivity index (χ1) is 9.41. The minimum Gasteiger partial charge on any atom is -0.333 e. The minimum absolute atomic E-state index is 0.00845. The van der Waals surface area contributed by atoms with E-state index in [2.05, 4.69) is 0 Å². The van der Waals surface area contributed by atoms with Crippen molar-refractivity contribution in [2.24, 2.45) is 0 Å². The van der Waals surface area contributed by atoms with Crippen LogP contribution in [0.15, 0.2) is 18.2 Å². The Morgan fingerprint density at radius 1 is 1.35 bits per heavy atom. The zero-order valence-electron chi connectivity index (χ0n) is 11.5. The van der Waals surface area contributed by atoms with Gasteiger partial charge in [-0.2, -0.15) is 0 Å². The quantitative estimate of drug-likeness (QED) is 0.617. The van der Waals surface area contributed by atoms with Crippen LogP contribution in [0.5, 0.6) is 0 Å². The van der Waals surface area contributed by atoms with E-state index in [0.29, 0.717) is 0 Å². The highest BCUT2D eigenvalue weighted by Crippen LogP contribution is 2.28. The van der Waals surface area contributed by atoms with Gasteiger partial charge in [0.1, 0.15) is 11.4 Å². The molecule has 0 saturated carbocycles. The van der Waals surface area contributed by atoms with Crippen molar-refractivity contribution >= 4 is 11.6 Å². The van der Waals surface area contributed by atoms with Crippen LogP contribution in [0.4, 0.5) is 10.1 Å². The Kier molecular flexibility index (Phi) is 4.01. The smallest absolute Gasteiger partial charge is 0.282 e. The molecule has 108 valence electrons. The van der Waals surface area contributed by atoms with E-state index in [9.17, 15) is 19.3 Å². The molecule has 0 bridgehead atoms. The number of rotatable bonds is 2. The first kappa shape index (κ1) is 14.4. The van der Waals surface area contributed by atoms with E-state index in [4.69, 9.17) is 0 Å². The largest absolute Gasteiger partial charge is 0.333 e. The summed E-state index contributed by atoms with van der Waals surface area (Å²) in [6.07, 6.45) is 2.75. The third-order valence-electron chi connectivity index (χ3n) is 3.81. The summed E-state index contributed by atoms with van der Waals surface area (Å²) in [5.41, 5.74) is -0.517. The predicted octanol–water partition coefficient (Wildman–Crippen LogP) is 3.14. The summed E-state index contributed by atoms with van der Waals surface area (Å²) < 4.78 is 13.3. The fourth-order valence-electron chi connectivity index (χ4n) is 2.80. The second-order valence-corrected chi connectivity index (χ2v) is 5.26. The lowest BCUT2D eigenvalue weighted by molar-refractivity contribution is -0.385. The highest BCUT2D eigenvalue weighted by atomic mass is 19.1. The van der Waals surface area contributed by atoms with E-state index in [1.807, 2.05) is 13.8 Å². The third-order valence-corrected chi connectivity index (χ3v) is 3.81. The van der Waals surface area contributed by atoms with Crippen molar-refractivity contribution in [3.8, 4) is 0 Å². The van der Waals surface area contributed by atoms with Gasteiger partial charge in [0.25, 0.3) is 11.6 Å². The minimum atomic E-state index is -0.647. The highest BCUT2D eigenvalue weighted by Gasteiger charge is 2.33. The van der Waals surface area contributed by atoms with Gasteiger partial charge in [0.15, 0.2) is 0 Å². The standard InChI is InChI=1S/C14H17FN2O3/c1-9-4-3-5-10(2)16(9)14(18)12-8-11(15)6-7-13(12)17(19)20/h6-10H,3-5H2,1-2H3. The van der Waals surface area contributed by atoms with Gasteiger partial charge in [0, 0.05) is 18.2 Å². The molecule has 1 aliphatic heterocycles. The first-order valence-corrected chi connectivity index (χ1v) is 6.68. The van der Waals surface area contributed by atoms with Crippen LogP contribution >= 0.6 is 0 Å². The van der Waals surface area contributed by atoms with E-state index >= 15 is 0 Å². The van der Waals surface area contributed by atoms with E-state index < -0.39 is 16.6 Å². The normalized spacial score (nSPS) is 22.6. The van der Waals surface area contributed by atoms with Crippen molar-refractivity contribution < 1.29 is 14.1 Å². The van der Waals surface area contributed by atoms with Crippen LogP contribution in [-0.4, -0.2) is 27.8 Å². The van der Waals surface area contributed by atoms with Crippen LogP contribution in [0.1, 0.15) is 43.5 Å². The summed E-state index contributed by atoms with van der Waals surface area (Å²) in [5.74, 6) is -1.10. The number of halogens is 1. The maximum Gasteiger partial charge on any atom is 0.282 e. The molecule has 0 spiro atoms. The van der Waals surface area contributed by atoms with Gasteiger partial charge in [-0.1, -0.05) is 0 Å². The lowest BCUT2D eigenvalue weighted by Crippen LogP contribution is -2.47. The average Bonchev–Trinajstić information content (AvgIpc) is 2.37. The van der Waals surface area contributed by atoms with Gasteiger partial charge >= 0.3 is 0 Å². The number of carbonyl (C=O) groups excluding carboxylic acids is 1. The number of carbonyl (C=O) groups is 1. The molecule has 6 heteroatoms. The number of amides is 1. The number of piperidine rings is 1. The van der Waals surface area contributed by atoms with Crippen molar-refractivity contribution in [1.29, 1.82) is 0 Å².